The molecule has 0 heterocycles. The highest BCUT2D eigenvalue weighted by Gasteiger charge is 2.46. The normalized spacial score (nSPS) is 26.5. The molecule has 0 aliphatic heterocycles. The molecule has 1 saturated carbocycles. The summed E-state index contributed by atoms with van der Waals surface area (Å²) in [5.74, 6) is 0.852. The summed E-state index contributed by atoms with van der Waals surface area (Å²) in [6.45, 7) is 13.1. The molecule has 0 aromatic rings. The van der Waals surface area contributed by atoms with E-state index in [1.807, 2.05) is 6.08 Å². The summed E-state index contributed by atoms with van der Waals surface area (Å²) >= 11 is 0. The second-order valence-electron chi connectivity index (χ2n) is 6.48. The molecule has 0 bridgehead atoms. The number of unbranched alkanes of at least 4 members (excludes halogenated alkanes) is 3. The molecule has 0 aromatic heterocycles. The molecule has 0 nitrogen and oxygen atoms in total. The van der Waals surface area contributed by atoms with Crippen LogP contribution in [0.1, 0.15) is 72.6 Å². The van der Waals surface area contributed by atoms with Crippen LogP contribution in [0.3, 0.4) is 0 Å². The maximum absolute atomic E-state index is 3.74. The average molecular weight is 260 g/mol. The number of rotatable bonds is 9. The van der Waals surface area contributed by atoms with Gasteiger partial charge in [-0.25, -0.2) is 0 Å². The zero-order valence-electron chi connectivity index (χ0n) is 13.5. The SMILES string of the molecule is C=CC=C(C)CCCCCC=C1CC1(C)C(C)CC. The summed E-state index contributed by atoms with van der Waals surface area (Å²) in [4.78, 5) is 0. The van der Waals surface area contributed by atoms with Crippen molar-refractivity contribution in [3.8, 4) is 0 Å². The second kappa shape index (κ2) is 7.72. The van der Waals surface area contributed by atoms with E-state index in [0.29, 0.717) is 5.41 Å². The molecule has 2 atom stereocenters. The van der Waals surface area contributed by atoms with Gasteiger partial charge in [0.15, 0.2) is 0 Å². The van der Waals surface area contributed by atoms with Gasteiger partial charge in [-0.3, -0.25) is 0 Å². The lowest BCUT2D eigenvalue weighted by Gasteiger charge is -2.15. The lowest BCUT2D eigenvalue weighted by atomic mass is 9.89. The highest BCUT2D eigenvalue weighted by molar-refractivity contribution is 5.32. The molecular formula is C19H32. The van der Waals surface area contributed by atoms with Gasteiger partial charge in [-0.2, -0.15) is 0 Å². The van der Waals surface area contributed by atoms with E-state index in [-0.39, 0.29) is 0 Å². The van der Waals surface area contributed by atoms with Gasteiger partial charge in [-0.1, -0.05) is 69.6 Å². The summed E-state index contributed by atoms with van der Waals surface area (Å²) < 4.78 is 0. The Labute approximate surface area is 120 Å². The quantitative estimate of drug-likeness (QED) is 0.254. The van der Waals surface area contributed by atoms with Crippen molar-refractivity contribution in [3.05, 3.63) is 36.0 Å². The fourth-order valence-corrected chi connectivity index (χ4v) is 2.88. The topological polar surface area (TPSA) is 0 Å². The standard InChI is InChI=1S/C19H32/c1-6-12-16(3)13-10-8-9-11-14-18-15-19(18,5)17(4)7-2/h6,12,14,17H,1,7-11,13,15H2,2-5H3. The van der Waals surface area contributed by atoms with Crippen molar-refractivity contribution in [1.82, 2.24) is 0 Å². The van der Waals surface area contributed by atoms with Crippen LogP contribution in [0.4, 0.5) is 0 Å². The van der Waals surface area contributed by atoms with Gasteiger partial charge in [0.05, 0.1) is 0 Å². The maximum atomic E-state index is 3.74. The van der Waals surface area contributed by atoms with E-state index in [4.69, 9.17) is 0 Å². The number of allylic oxidation sites excluding steroid dienone is 5. The molecule has 1 fully saturated rings. The predicted molar refractivity (Wildman–Crippen MR) is 87.3 cm³/mol. The van der Waals surface area contributed by atoms with E-state index in [9.17, 15) is 0 Å². The molecule has 0 amide bonds. The minimum absolute atomic E-state index is 0.554. The Hall–Kier alpha value is -0.780. The van der Waals surface area contributed by atoms with Crippen molar-refractivity contribution < 1.29 is 0 Å². The molecule has 1 aliphatic carbocycles. The Morgan fingerprint density at radius 3 is 2.74 bits per heavy atom. The van der Waals surface area contributed by atoms with Crippen molar-refractivity contribution in [1.29, 1.82) is 0 Å². The molecular weight excluding hydrogens is 228 g/mol. The first-order chi connectivity index (χ1) is 9.04. The first-order valence-electron chi connectivity index (χ1n) is 8.02. The molecule has 0 heteroatoms. The minimum atomic E-state index is 0.554. The van der Waals surface area contributed by atoms with Crippen LogP contribution < -0.4 is 0 Å². The minimum Gasteiger partial charge on any atom is -0.0991 e. The van der Waals surface area contributed by atoms with Crippen molar-refractivity contribution in [2.24, 2.45) is 11.3 Å². The van der Waals surface area contributed by atoms with Gasteiger partial charge < -0.3 is 0 Å². The summed E-state index contributed by atoms with van der Waals surface area (Å²) in [5.41, 5.74) is 3.74. The summed E-state index contributed by atoms with van der Waals surface area (Å²) in [5, 5.41) is 0. The number of hydrogen-bond acceptors (Lipinski definition) is 0. The molecule has 2 unspecified atom stereocenters. The second-order valence-corrected chi connectivity index (χ2v) is 6.48. The summed E-state index contributed by atoms with van der Waals surface area (Å²) in [6, 6.07) is 0. The lowest BCUT2D eigenvalue weighted by Crippen LogP contribution is -2.07. The molecule has 1 aliphatic rings. The first kappa shape index (κ1) is 16.3. The third-order valence-corrected chi connectivity index (χ3v) is 4.93. The van der Waals surface area contributed by atoms with E-state index in [1.54, 1.807) is 5.57 Å². The fraction of sp³-hybridized carbons (Fsp3) is 0.684. The van der Waals surface area contributed by atoms with Crippen LogP contribution in [0, 0.1) is 11.3 Å². The van der Waals surface area contributed by atoms with Gasteiger partial charge in [0.2, 0.25) is 0 Å². The van der Waals surface area contributed by atoms with Crippen LogP contribution in [-0.4, -0.2) is 0 Å². The van der Waals surface area contributed by atoms with Gasteiger partial charge in [-0.15, -0.1) is 0 Å². The molecule has 0 N–H and O–H groups in total. The van der Waals surface area contributed by atoms with Crippen molar-refractivity contribution >= 4 is 0 Å². The largest absolute Gasteiger partial charge is 0.0991 e. The zero-order valence-corrected chi connectivity index (χ0v) is 13.5. The van der Waals surface area contributed by atoms with E-state index >= 15 is 0 Å². The molecule has 108 valence electrons. The molecule has 0 spiro atoms. The van der Waals surface area contributed by atoms with Gasteiger partial charge in [0.1, 0.15) is 0 Å². The predicted octanol–water partition coefficient (Wildman–Crippen LogP) is 6.45. The van der Waals surface area contributed by atoms with Crippen molar-refractivity contribution in [3.63, 3.8) is 0 Å². The maximum Gasteiger partial charge on any atom is -0.00532 e. The molecule has 19 heavy (non-hydrogen) atoms. The average Bonchev–Trinajstić information content (AvgIpc) is 3.05. The smallest absolute Gasteiger partial charge is 0.00532 e. The molecule has 0 saturated heterocycles. The van der Waals surface area contributed by atoms with Crippen LogP contribution in [0.2, 0.25) is 0 Å². The van der Waals surface area contributed by atoms with Crippen molar-refractivity contribution in [2.75, 3.05) is 0 Å². The van der Waals surface area contributed by atoms with Gasteiger partial charge >= 0.3 is 0 Å². The van der Waals surface area contributed by atoms with Gasteiger partial charge in [0.25, 0.3) is 0 Å². The fourth-order valence-electron chi connectivity index (χ4n) is 2.88. The van der Waals surface area contributed by atoms with Crippen molar-refractivity contribution in [2.45, 2.75) is 72.6 Å². The van der Waals surface area contributed by atoms with Crippen LogP contribution >= 0.6 is 0 Å². The third kappa shape index (κ3) is 5.01. The highest BCUT2D eigenvalue weighted by Crippen LogP contribution is 2.58. The Morgan fingerprint density at radius 1 is 1.37 bits per heavy atom. The van der Waals surface area contributed by atoms with Gasteiger partial charge in [-0.05, 0) is 50.4 Å². The lowest BCUT2D eigenvalue weighted by molar-refractivity contribution is 0.373. The Kier molecular flexibility index (Phi) is 6.62. The third-order valence-electron chi connectivity index (χ3n) is 4.93. The van der Waals surface area contributed by atoms with Crippen LogP contribution in [-0.2, 0) is 0 Å². The van der Waals surface area contributed by atoms with E-state index < -0.39 is 0 Å². The Morgan fingerprint density at radius 2 is 2.11 bits per heavy atom. The van der Waals surface area contributed by atoms with E-state index in [1.165, 1.54) is 50.5 Å². The molecule has 0 aromatic carbocycles. The van der Waals surface area contributed by atoms with Crippen LogP contribution in [0.25, 0.3) is 0 Å². The highest BCUT2D eigenvalue weighted by atomic mass is 14.5. The number of hydrogen-bond donors (Lipinski definition) is 0. The van der Waals surface area contributed by atoms with E-state index in [0.717, 1.165) is 5.92 Å². The monoisotopic (exact) mass is 260 g/mol. The Bertz CT molecular complexity index is 345. The zero-order chi connectivity index (χ0) is 14.3. The van der Waals surface area contributed by atoms with E-state index in [2.05, 4.69) is 46.4 Å². The Balaban J connectivity index is 2.13. The van der Waals surface area contributed by atoms with Gasteiger partial charge in [0, 0.05) is 0 Å². The first-order valence-corrected chi connectivity index (χ1v) is 8.02. The summed E-state index contributed by atoms with van der Waals surface area (Å²) in [7, 11) is 0. The summed E-state index contributed by atoms with van der Waals surface area (Å²) in [6.07, 6.45) is 15.7. The molecule has 1 rings (SSSR count). The van der Waals surface area contributed by atoms with Crippen LogP contribution in [0.5, 0.6) is 0 Å². The van der Waals surface area contributed by atoms with Crippen LogP contribution in [0.15, 0.2) is 36.0 Å². The molecule has 0 radical (unpaired) electrons.